The molecule has 3 aromatic rings. The van der Waals surface area contributed by atoms with E-state index in [0.717, 1.165) is 17.1 Å². The van der Waals surface area contributed by atoms with Crippen LogP contribution in [0.5, 0.6) is 0 Å². The van der Waals surface area contributed by atoms with Gasteiger partial charge in [0.2, 0.25) is 0 Å². The van der Waals surface area contributed by atoms with E-state index in [9.17, 15) is 9.59 Å². The summed E-state index contributed by atoms with van der Waals surface area (Å²) in [7, 11) is 1.80. The second-order valence-corrected chi connectivity index (χ2v) is 6.80. The third kappa shape index (κ3) is 3.71. The lowest BCUT2D eigenvalue weighted by Crippen LogP contribution is -2.30. The minimum Gasteiger partial charge on any atom is -0.449 e. The first kappa shape index (κ1) is 19.5. The van der Waals surface area contributed by atoms with Crippen molar-refractivity contribution in [2.24, 2.45) is 7.05 Å². The molecular weight excluding hydrogens is 358 g/mol. The van der Waals surface area contributed by atoms with E-state index in [1.54, 1.807) is 36.9 Å². The molecule has 1 atom stereocenters. The number of benzene rings is 1. The molecule has 0 spiro atoms. The highest BCUT2D eigenvalue weighted by Crippen LogP contribution is 2.19. The lowest BCUT2D eigenvalue weighted by Gasteiger charge is -2.14. The molecule has 28 heavy (non-hydrogen) atoms. The maximum Gasteiger partial charge on any atom is 0.338 e. The lowest BCUT2D eigenvalue weighted by atomic mass is 10.2. The van der Waals surface area contributed by atoms with Gasteiger partial charge in [-0.25, -0.2) is 14.8 Å². The summed E-state index contributed by atoms with van der Waals surface area (Å²) in [5.41, 5.74) is 5.42. The van der Waals surface area contributed by atoms with Crippen molar-refractivity contribution in [2.75, 3.05) is 5.32 Å². The summed E-state index contributed by atoms with van der Waals surface area (Å²) in [5, 5.41) is 7.03. The molecule has 0 saturated carbocycles. The summed E-state index contributed by atoms with van der Waals surface area (Å²) in [6.45, 7) is 8.94. The predicted molar refractivity (Wildman–Crippen MR) is 105 cm³/mol. The number of fused-ring (bicyclic) bond motifs is 1. The van der Waals surface area contributed by atoms with Crippen molar-refractivity contribution in [2.45, 2.75) is 40.7 Å². The highest BCUT2D eigenvalue weighted by Gasteiger charge is 2.22. The van der Waals surface area contributed by atoms with Crippen LogP contribution in [-0.2, 0) is 16.6 Å². The fourth-order valence-electron chi connectivity index (χ4n) is 2.82. The van der Waals surface area contributed by atoms with Crippen LogP contribution in [0, 0.1) is 27.7 Å². The number of nitrogens with zero attached hydrogens (tertiary/aromatic N) is 4. The molecule has 0 bridgehead atoms. The van der Waals surface area contributed by atoms with Crippen LogP contribution < -0.4 is 5.32 Å². The quantitative estimate of drug-likeness (QED) is 0.698. The normalized spacial score (nSPS) is 12.1. The second-order valence-electron chi connectivity index (χ2n) is 6.80. The van der Waals surface area contributed by atoms with E-state index in [-0.39, 0.29) is 0 Å². The molecule has 8 heteroatoms. The number of carbonyl (C=O) groups is 2. The van der Waals surface area contributed by atoms with E-state index in [0.29, 0.717) is 28.0 Å². The van der Waals surface area contributed by atoms with E-state index in [1.165, 1.54) is 6.92 Å². The number of anilines is 1. The Morgan fingerprint density at radius 3 is 2.29 bits per heavy atom. The molecule has 0 aliphatic carbocycles. The molecule has 0 aliphatic rings. The second kappa shape index (κ2) is 7.38. The Labute approximate surface area is 162 Å². The highest BCUT2D eigenvalue weighted by molar-refractivity contribution is 5.99. The van der Waals surface area contributed by atoms with Crippen LogP contribution in [-0.4, -0.2) is 37.7 Å². The van der Waals surface area contributed by atoms with E-state index < -0.39 is 18.0 Å². The van der Waals surface area contributed by atoms with Gasteiger partial charge in [-0.3, -0.25) is 9.48 Å². The minimum atomic E-state index is -0.965. The number of hydrogen-bond acceptors (Lipinski definition) is 6. The number of esters is 1. The number of rotatable bonds is 4. The number of carbonyl (C=O) groups excluding carboxylic acids is 2. The van der Waals surface area contributed by atoms with E-state index in [4.69, 9.17) is 4.74 Å². The third-order valence-corrected chi connectivity index (χ3v) is 4.72. The average Bonchev–Trinajstić information content (AvgIpc) is 2.88. The van der Waals surface area contributed by atoms with Crippen LogP contribution in [0.3, 0.4) is 0 Å². The van der Waals surface area contributed by atoms with Crippen LogP contribution in [0.15, 0.2) is 18.2 Å². The van der Waals surface area contributed by atoms with Gasteiger partial charge in [0.05, 0.1) is 45.1 Å². The largest absolute Gasteiger partial charge is 0.449 e. The van der Waals surface area contributed by atoms with Gasteiger partial charge in [-0.05, 0) is 52.8 Å². The molecule has 0 fully saturated rings. The van der Waals surface area contributed by atoms with Gasteiger partial charge in [-0.15, -0.1) is 0 Å². The van der Waals surface area contributed by atoms with Crippen molar-refractivity contribution in [3.63, 3.8) is 0 Å². The Hall–Kier alpha value is -3.29. The number of nitrogens with one attached hydrogen (secondary N) is 1. The smallest absolute Gasteiger partial charge is 0.338 e. The Kier molecular flexibility index (Phi) is 5.13. The molecule has 1 amide bonds. The lowest BCUT2D eigenvalue weighted by molar-refractivity contribution is -0.123. The van der Waals surface area contributed by atoms with Crippen molar-refractivity contribution in [3.8, 4) is 0 Å². The number of aromatic nitrogens is 4. The summed E-state index contributed by atoms with van der Waals surface area (Å²) in [5.74, 6) is -1.01. The van der Waals surface area contributed by atoms with E-state index >= 15 is 0 Å². The summed E-state index contributed by atoms with van der Waals surface area (Å²) in [6.07, 6.45) is -0.965. The molecule has 0 saturated heterocycles. The standard InChI is InChI=1S/C20H23N5O3/c1-10-11(2)22-17-9-15(7-8-16(17)21-10)20(27)28-14(5)19(26)23-18-12(3)24-25(6)13(18)4/h7-9,14H,1-6H3,(H,23,26). The summed E-state index contributed by atoms with van der Waals surface area (Å²) < 4.78 is 7.02. The molecule has 3 rings (SSSR count). The van der Waals surface area contributed by atoms with Gasteiger partial charge in [-0.1, -0.05) is 0 Å². The van der Waals surface area contributed by atoms with Crippen LogP contribution >= 0.6 is 0 Å². The van der Waals surface area contributed by atoms with Crippen molar-refractivity contribution in [1.29, 1.82) is 0 Å². The molecule has 1 N–H and O–H groups in total. The first-order valence-corrected chi connectivity index (χ1v) is 8.94. The molecule has 146 valence electrons. The zero-order valence-electron chi connectivity index (χ0n) is 16.8. The Morgan fingerprint density at radius 2 is 1.68 bits per heavy atom. The summed E-state index contributed by atoms with van der Waals surface area (Å²) >= 11 is 0. The molecule has 2 heterocycles. The van der Waals surface area contributed by atoms with Gasteiger partial charge in [-0.2, -0.15) is 5.10 Å². The highest BCUT2D eigenvalue weighted by atomic mass is 16.5. The number of aryl methyl sites for hydroxylation is 4. The van der Waals surface area contributed by atoms with Crippen LogP contribution in [0.25, 0.3) is 11.0 Å². The topological polar surface area (TPSA) is 99.0 Å². The summed E-state index contributed by atoms with van der Waals surface area (Å²) in [6, 6.07) is 4.96. The van der Waals surface area contributed by atoms with Crippen LogP contribution in [0.1, 0.15) is 40.1 Å². The maximum absolute atomic E-state index is 12.5. The van der Waals surface area contributed by atoms with Gasteiger partial charge in [0.25, 0.3) is 5.91 Å². The fourth-order valence-corrected chi connectivity index (χ4v) is 2.82. The van der Waals surface area contributed by atoms with Gasteiger partial charge < -0.3 is 10.1 Å². The zero-order chi connectivity index (χ0) is 20.6. The van der Waals surface area contributed by atoms with E-state index in [1.807, 2.05) is 20.8 Å². The fraction of sp³-hybridized carbons (Fsp3) is 0.350. The molecule has 0 aliphatic heterocycles. The van der Waals surface area contributed by atoms with Crippen molar-refractivity contribution < 1.29 is 14.3 Å². The first-order valence-electron chi connectivity index (χ1n) is 8.94. The van der Waals surface area contributed by atoms with Gasteiger partial charge in [0.1, 0.15) is 0 Å². The molecule has 8 nitrogen and oxygen atoms in total. The van der Waals surface area contributed by atoms with Crippen LogP contribution in [0.4, 0.5) is 5.69 Å². The SMILES string of the molecule is Cc1nc2ccc(C(=O)OC(C)C(=O)Nc3c(C)nn(C)c3C)cc2nc1C. The number of hydrogen-bond donors (Lipinski definition) is 1. The Bertz CT molecular complexity index is 1090. The Balaban J connectivity index is 1.73. The molecule has 1 unspecified atom stereocenters. The molecule has 2 aromatic heterocycles. The van der Waals surface area contributed by atoms with Gasteiger partial charge >= 0.3 is 5.97 Å². The van der Waals surface area contributed by atoms with Gasteiger partial charge in [0, 0.05) is 7.05 Å². The Morgan fingerprint density at radius 1 is 1.04 bits per heavy atom. The van der Waals surface area contributed by atoms with Gasteiger partial charge in [0.15, 0.2) is 6.10 Å². The summed E-state index contributed by atoms with van der Waals surface area (Å²) in [4.78, 5) is 33.8. The number of ether oxygens (including phenoxy) is 1. The average molecular weight is 381 g/mol. The van der Waals surface area contributed by atoms with Crippen molar-refractivity contribution in [3.05, 3.63) is 46.5 Å². The monoisotopic (exact) mass is 381 g/mol. The van der Waals surface area contributed by atoms with E-state index in [2.05, 4.69) is 20.4 Å². The molecular formula is C20H23N5O3. The first-order chi connectivity index (χ1) is 13.2. The minimum absolute atomic E-state index is 0.318. The van der Waals surface area contributed by atoms with Crippen molar-refractivity contribution >= 4 is 28.6 Å². The third-order valence-electron chi connectivity index (χ3n) is 4.72. The van der Waals surface area contributed by atoms with Crippen molar-refractivity contribution in [1.82, 2.24) is 19.7 Å². The van der Waals surface area contributed by atoms with Crippen LogP contribution in [0.2, 0.25) is 0 Å². The molecule has 0 radical (unpaired) electrons. The predicted octanol–water partition coefficient (Wildman–Crippen LogP) is 2.78. The zero-order valence-corrected chi connectivity index (χ0v) is 16.8. The maximum atomic E-state index is 12.5. The molecule has 1 aromatic carbocycles. The number of amides is 1.